The summed E-state index contributed by atoms with van der Waals surface area (Å²) in [5.74, 6) is 0. The van der Waals surface area contributed by atoms with Gasteiger partial charge in [-0.1, -0.05) is 25.3 Å². The van der Waals surface area contributed by atoms with E-state index in [1.165, 1.54) is 25.3 Å². The van der Waals surface area contributed by atoms with Crippen molar-refractivity contribution in [2.24, 2.45) is 0 Å². The van der Waals surface area contributed by atoms with Crippen molar-refractivity contribution in [2.45, 2.75) is 84.7 Å². The lowest BCUT2D eigenvalue weighted by Gasteiger charge is -2.29. The van der Waals surface area contributed by atoms with Crippen molar-refractivity contribution in [1.82, 2.24) is 0 Å². The van der Waals surface area contributed by atoms with Gasteiger partial charge in [0.2, 0.25) is 0 Å². The van der Waals surface area contributed by atoms with Crippen LogP contribution < -0.4 is 0 Å². The number of rotatable bonds is 18. The molecule has 5 nitrogen and oxygen atoms in total. The molecule has 0 aliphatic carbocycles. The van der Waals surface area contributed by atoms with Gasteiger partial charge in [0.1, 0.15) is 5.41 Å². The molecule has 0 aromatic carbocycles. The quantitative estimate of drug-likeness (QED) is 0.200. The molecule has 0 bridgehead atoms. The van der Waals surface area contributed by atoms with Crippen LogP contribution >= 0.6 is 0 Å². The highest BCUT2D eigenvalue weighted by Gasteiger charge is 2.39. The molecule has 0 aromatic rings. The van der Waals surface area contributed by atoms with E-state index in [-0.39, 0.29) is 14.9 Å². The van der Waals surface area contributed by atoms with Gasteiger partial charge in [0.15, 0.2) is 0 Å². The first-order valence-electron chi connectivity index (χ1n) is 10.2. The average Bonchev–Trinajstić information content (AvgIpc) is 2.55. The molecule has 0 atom stereocenters. The van der Waals surface area contributed by atoms with Gasteiger partial charge in [-0.2, -0.15) is 0 Å². The van der Waals surface area contributed by atoms with Crippen LogP contribution in [0, 0.1) is 0 Å². The van der Waals surface area contributed by atoms with Crippen molar-refractivity contribution in [3.63, 3.8) is 0 Å². The molecule has 0 aliphatic heterocycles. The van der Waals surface area contributed by atoms with Crippen LogP contribution in [0.1, 0.15) is 67.2 Å². The minimum atomic E-state index is -2.45. The van der Waals surface area contributed by atoms with E-state index in [4.69, 9.17) is 22.8 Å². The monoisotopic (exact) mass is 394 g/mol. The summed E-state index contributed by atoms with van der Waals surface area (Å²) in [4.78, 5) is 0. The Hall–Kier alpha value is 0.234. The SMILES string of the molecule is CCOC(C)(OCC)[SiH2]CCCCCC[Si](OCC)(OCC)OCC. The fraction of sp³-hybridized carbons (Fsp3) is 1.00. The summed E-state index contributed by atoms with van der Waals surface area (Å²) in [6.45, 7) is 15.6. The van der Waals surface area contributed by atoms with Gasteiger partial charge in [-0.15, -0.1) is 0 Å². The Bertz CT molecular complexity index is 282. The van der Waals surface area contributed by atoms with Crippen molar-refractivity contribution in [2.75, 3.05) is 33.0 Å². The third-order valence-electron chi connectivity index (χ3n) is 4.11. The number of hydrogen-bond acceptors (Lipinski definition) is 5. The van der Waals surface area contributed by atoms with E-state index in [2.05, 4.69) is 6.92 Å². The molecule has 0 N–H and O–H groups in total. The van der Waals surface area contributed by atoms with Crippen molar-refractivity contribution < 1.29 is 22.8 Å². The second-order valence-electron chi connectivity index (χ2n) is 6.25. The lowest BCUT2D eigenvalue weighted by molar-refractivity contribution is -0.163. The Morgan fingerprint density at radius 1 is 0.680 bits per heavy atom. The van der Waals surface area contributed by atoms with Crippen molar-refractivity contribution >= 4 is 18.3 Å². The highest BCUT2D eigenvalue weighted by molar-refractivity contribution is 6.60. The number of hydrogen-bond donors (Lipinski definition) is 0. The molecule has 7 heteroatoms. The molecule has 0 rings (SSSR count). The van der Waals surface area contributed by atoms with Gasteiger partial charge in [0.05, 0.1) is 9.52 Å². The van der Waals surface area contributed by atoms with E-state index in [1.807, 2.05) is 34.6 Å². The maximum Gasteiger partial charge on any atom is 0.500 e. The Balaban J connectivity index is 4.05. The van der Waals surface area contributed by atoms with Gasteiger partial charge in [0.25, 0.3) is 0 Å². The van der Waals surface area contributed by atoms with E-state index >= 15 is 0 Å². The lowest BCUT2D eigenvalue weighted by atomic mass is 10.2. The average molecular weight is 395 g/mol. The van der Waals surface area contributed by atoms with Gasteiger partial charge in [-0.05, 0) is 48.0 Å². The zero-order chi connectivity index (χ0) is 19.0. The van der Waals surface area contributed by atoms with Crippen LogP contribution in [-0.2, 0) is 22.8 Å². The molecule has 0 unspecified atom stereocenters. The maximum atomic E-state index is 5.90. The van der Waals surface area contributed by atoms with Gasteiger partial charge in [-0.3, -0.25) is 0 Å². The topological polar surface area (TPSA) is 46.2 Å². The van der Waals surface area contributed by atoms with Gasteiger partial charge in [0, 0.05) is 39.1 Å². The Kier molecular flexibility index (Phi) is 15.5. The summed E-state index contributed by atoms with van der Waals surface area (Å²) in [7, 11) is -2.84. The molecular weight excluding hydrogens is 352 g/mol. The lowest BCUT2D eigenvalue weighted by Crippen LogP contribution is -2.45. The van der Waals surface area contributed by atoms with E-state index in [1.54, 1.807) is 0 Å². The van der Waals surface area contributed by atoms with Crippen LogP contribution in [-0.4, -0.2) is 56.8 Å². The molecule has 0 fully saturated rings. The zero-order valence-electron chi connectivity index (χ0n) is 17.5. The van der Waals surface area contributed by atoms with Crippen LogP contribution in [0.15, 0.2) is 0 Å². The summed E-state index contributed by atoms with van der Waals surface area (Å²) in [6.07, 6.45) is 4.82. The second kappa shape index (κ2) is 15.3. The highest BCUT2D eigenvalue weighted by Crippen LogP contribution is 2.21. The Labute approximate surface area is 159 Å². The molecule has 0 spiro atoms. The fourth-order valence-corrected chi connectivity index (χ4v) is 7.74. The molecule has 152 valence electrons. The highest BCUT2D eigenvalue weighted by atomic mass is 28.4. The summed E-state index contributed by atoms with van der Waals surface area (Å²) in [5.41, 5.74) is -0.287. The third-order valence-corrected chi connectivity index (χ3v) is 9.43. The van der Waals surface area contributed by atoms with Crippen LogP contribution in [0.3, 0.4) is 0 Å². The van der Waals surface area contributed by atoms with Crippen LogP contribution in [0.2, 0.25) is 12.1 Å². The van der Waals surface area contributed by atoms with E-state index in [0.29, 0.717) is 19.8 Å². The zero-order valence-corrected chi connectivity index (χ0v) is 19.9. The van der Waals surface area contributed by atoms with Crippen LogP contribution in [0.5, 0.6) is 0 Å². The van der Waals surface area contributed by atoms with Crippen molar-refractivity contribution in [3.05, 3.63) is 0 Å². The molecule has 0 saturated carbocycles. The first kappa shape index (κ1) is 25.2. The molecule has 0 saturated heterocycles. The van der Waals surface area contributed by atoms with Crippen LogP contribution in [0.4, 0.5) is 0 Å². The number of ether oxygens (including phenoxy) is 2. The summed E-state index contributed by atoms with van der Waals surface area (Å²) in [6, 6.07) is 2.19. The molecule has 0 amide bonds. The van der Waals surface area contributed by atoms with E-state index < -0.39 is 8.80 Å². The standard InChI is InChI=1S/C18H42O5Si2/c1-7-19-18(6,20-8-2)24-16-14-12-13-15-17-25(21-9-3,22-10-4)23-11-5/h7-17,24H2,1-6H3. The predicted molar refractivity (Wildman–Crippen MR) is 109 cm³/mol. The molecule has 0 aromatic heterocycles. The smallest absolute Gasteiger partial charge is 0.374 e. The molecular formula is C18H42O5Si2. The fourth-order valence-electron chi connectivity index (χ4n) is 3.12. The van der Waals surface area contributed by atoms with Crippen LogP contribution in [0.25, 0.3) is 0 Å². The van der Waals surface area contributed by atoms with E-state index in [9.17, 15) is 0 Å². The van der Waals surface area contributed by atoms with Crippen molar-refractivity contribution in [3.8, 4) is 0 Å². The van der Waals surface area contributed by atoms with Crippen molar-refractivity contribution in [1.29, 1.82) is 0 Å². The predicted octanol–water partition coefficient (Wildman–Crippen LogP) is 3.93. The first-order valence-corrected chi connectivity index (χ1v) is 13.8. The largest absolute Gasteiger partial charge is 0.500 e. The molecule has 0 radical (unpaired) electrons. The molecule has 0 heterocycles. The van der Waals surface area contributed by atoms with Gasteiger partial charge < -0.3 is 22.8 Å². The Morgan fingerprint density at radius 2 is 1.16 bits per heavy atom. The minimum absolute atomic E-state index is 0.287. The maximum absolute atomic E-state index is 5.90. The summed E-state index contributed by atoms with van der Waals surface area (Å²) < 4.78 is 29.4. The minimum Gasteiger partial charge on any atom is -0.374 e. The van der Waals surface area contributed by atoms with Gasteiger partial charge >= 0.3 is 8.80 Å². The summed E-state index contributed by atoms with van der Waals surface area (Å²) >= 11 is 0. The second-order valence-corrected chi connectivity index (χ2v) is 11.5. The number of unbranched alkanes of at least 4 members (excludes halogenated alkanes) is 3. The van der Waals surface area contributed by atoms with Gasteiger partial charge in [-0.25, -0.2) is 0 Å². The molecule has 25 heavy (non-hydrogen) atoms. The molecule has 0 aliphatic rings. The summed E-state index contributed by atoms with van der Waals surface area (Å²) in [5, 5.41) is 0. The normalized spacial score (nSPS) is 13.2. The van der Waals surface area contributed by atoms with E-state index in [0.717, 1.165) is 25.7 Å². The first-order chi connectivity index (χ1) is 12.0. The Morgan fingerprint density at radius 3 is 1.60 bits per heavy atom. The third kappa shape index (κ3) is 11.5.